The summed E-state index contributed by atoms with van der Waals surface area (Å²) < 4.78 is 5.95. The van der Waals surface area contributed by atoms with Crippen LogP contribution in [0.2, 0.25) is 19.6 Å². The van der Waals surface area contributed by atoms with Gasteiger partial charge < -0.3 is 9.64 Å². The fourth-order valence-electron chi connectivity index (χ4n) is 5.97. The quantitative estimate of drug-likeness (QED) is 0.396. The van der Waals surface area contributed by atoms with E-state index in [1.807, 2.05) is 4.90 Å². The van der Waals surface area contributed by atoms with Crippen LogP contribution in [0, 0.1) is 5.92 Å². The molecule has 2 atom stereocenters. The van der Waals surface area contributed by atoms with E-state index in [1.165, 1.54) is 22.3 Å². The lowest BCUT2D eigenvalue weighted by atomic mass is 9.87. The lowest BCUT2D eigenvalue weighted by Crippen LogP contribution is -2.49. The van der Waals surface area contributed by atoms with Gasteiger partial charge in [-0.3, -0.25) is 4.79 Å². The molecule has 1 aliphatic carbocycles. The van der Waals surface area contributed by atoms with E-state index in [2.05, 4.69) is 74.8 Å². The largest absolute Gasteiger partial charge is 0.448 e. The number of amides is 1. The van der Waals surface area contributed by atoms with Gasteiger partial charge in [-0.25, -0.2) is 4.79 Å². The maximum atomic E-state index is 13.2. The van der Waals surface area contributed by atoms with Crippen molar-refractivity contribution in [3.8, 4) is 11.1 Å². The van der Waals surface area contributed by atoms with Crippen LogP contribution in [0.5, 0.6) is 0 Å². The Morgan fingerprint density at radius 3 is 1.97 bits per heavy atom. The molecular weight excluding hydrogens is 426 g/mol. The van der Waals surface area contributed by atoms with E-state index in [9.17, 15) is 9.59 Å². The normalized spacial score (nSPS) is 23.7. The van der Waals surface area contributed by atoms with Crippen molar-refractivity contribution in [3.05, 3.63) is 71.4 Å². The molecule has 0 aromatic heterocycles. The second-order valence-corrected chi connectivity index (χ2v) is 16.0. The third-order valence-corrected chi connectivity index (χ3v) is 9.91. The summed E-state index contributed by atoms with van der Waals surface area (Å²) in [5.74, 6) is 0.302. The van der Waals surface area contributed by atoms with Gasteiger partial charge >= 0.3 is 6.09 Å². The van der Waals surface area contributed by atoms with Crippen LogP contribution in [0.25, 0.3) is 11.1 Å². The van der Waals surface area contributed by atoms with Gasteiger partial charge in [0.05, 0.1) is 8.07 Å². The Kier molecular flexibility index (Phi) is 5.56. The van der Waals surface area contributed by atoms with Crippen LogP contribution in [-0.4, -0.2) is 43.5 Å². The van der Waals surface area contributed by atoms with Crippen molar-refractivity contribution in [2.75, 3.05) is 6.61 Å². The van der Waals surface area contributed by atoms with Crippen LogP contribution in [0.3, 0.4) is 0 Å². The number of ether oxygens (including phenoxy) is 1. The molecule has 4 nitrogen and oxygen atoms in total. The molecule has 0 saturated carbocycles. The molecule has 2 unspecified atom stereocenters. The SMILES string of the molecule is C=C(C(=O)C1CC2CCC(C1)N2C(=O)OCC1c2ccccc2-c2ccccc21)[Si](C)(C)C. The van der Waals surface area contributed by atoms with E-state index in [0.717, 1.165) is 30.9 Å². The number of carbonyl (C=O) groups excluding carboxylic acids is 2. The van der Waals surface area contributed by atoms with E-state index in [1.54, 1.807) is 0 Å². The van der Waals surface area contributed by atoms with E-state index in [-0.39, 0.29) is 35.8 Å². The Morgan fingerprint density at radius 1 is 0.939 bits per heavy atom. The summed E-state index contributed by atoms with van der Waals surface area (Å²) in [6.07, 6.45) is 3.17. The van der Waals surface area contributed by atoms with Gasteiger partial charge in [0.2, 0.25) is 0 Å². The fourth-order valence-corrected chi connectivity index (χ4v) is 6.92. The number of benzene rings is 2. The molecular formula is C28H33NO3Si. The second kappa shape index (κ2) is 8.28. The zero-order valence-corrected chi connectivity index (χ0v) is 20.8. The average molecular weight is 460 g/mol. The van der Waals surface area contributed by atoms with E-state index < -0.39 is 8.07 Å². The molecule has 2 heterocycles. The van der Waals surface area contributed by atoms with Crippen LogP contribution in [0.4, 0.5) is 4.79 Å². The Hall–Kier alpha value is -2.66. The van der Waals surface area contributed by atoms with E-state index >= 15 is 0 Å². The minimum Gasteiger partial charge on any atom is -0.448 e. The van der Waals surface area contributed by atoms with E-state index in [0.29, 0.717) is 6.61 Å². The zero-order chi connectivity index (χ0) is 23.3. The predicted molar refractivity (Wildman–Crippen MR) is 134 cm³/mol. The van der Waals surface area contributed by atoms with Gasteiger partial charge in [0, 0.05) is 23.9 Å². The molecule has 5 heteroatoms. The molecule has 0 radical (unpaired) electrons. The first-order valence-corrected chi connectivity index (χ1v) is 15.6. The van der Waals surface area contributed by atoms with Crippen LogP contribution in [0.15, 0.2) is 60.3 Å². The molecule has 5 rings (SSSR count). The second-order valence-electron chi connectivity index (χ2n) is 10.9. The monoisotopic (exact) mass is 459 g/mol. The Labute approximate surface area is 197 Å². The minimum atomic E-state index is -1.71. The van der Waals surface area contributed by atoms with E-state index in [4.69, 9.17) is 4.74 Å². The van der Waals surface area contributed by atoms with Crippen molar-refractivity contribution in [1.29, 1.82) is 0 Å². The highest BCUT2D eigenvalue weighted by atomic mass is 28.3. The number of nitrogens with zero attached hydrogens (tertiary/aromatic N) is 1. The molecule has 2 saturated heterocycles. The van der Waals surface area contributed by atoms with Crippen LogP contribution in [0.1, 0.15) is 42.7 Å². The molecule has 1 amide bonds. The van der Waals surface area contributed by atoms with Gasteiger partial charge in [-0.2, -0.15) is 0 Å². The summed E-state index contributed by atoms with van der Waals surface area (Å²) in [6.45, 7) is 11.0. The number of piperidine rings is 1. The van der Waals surface area contributed by atoms with Gasteiger partial charge in [0.1, 0.15) is 6.61 Å². The lowest BCUT2D eigenvalue weighted by molar-refractivity contribution is -0.120. The molecule has 2 bridgehead atoms. The molecule has 2 fully saturated rings. The van der Waals surface area contributed by atoms with Crippen molar-refractivity contribution < 1.29 is 14.3 Å². The minimum absolute atomic E-state index is 0.000592. The molecule has 0 spiro atoms. The maximum absolute atomic E-state index is 13.2. The molecule has 3 aliphatic rings. The highest BCUT2D eigenvalue weighted by molar-refractivity contribution is 6.87. The fraction of sp³-hybridized carbons (Fsp3) is 0.429. The smallest absolute Gasteiger partial charge is 0.410 e. The number of hydrogen-bond acceptors (Lipinski definition) is 3. The van der Waals surface area contributed by atoms with Crippen molar-refractivity contribution in [3.63, 3.8) is 0 Å². The Morgan fingerprint density at radius 2 is 1.45 bits per heavy atom. The highest BCUT2D eigenvalue weighted by Gasteiger charge is 2.47. The van der Waals surface area contributed by atoms with Crippen molar-refractivity contribution in [1.82, 2.24) is 4.90 Å². The maximum Gasteiger partial charge on any atom is 0.410 e. The standard InChI is InChI=1S/C28H33NO3Si/c1-18(33(2,3)4)27(30)19-15-20-13-14-21(16-19)29(20)28(31)32-17-26-24-11-7-5-9-22(24)23-10-6-8-12-25(23)26/h5-12,19-21,26H,1,13-17H2,2-4H3. The van der Waals surface area contributed by atoms with Crippen LogP contribution >= 0.6 is 0 Å². The number of fused-ring (bicyclic) bond motifs is 5. The molecule has 33 heavy (non-hydrogen) atoms. The first-order valence-electron chi connectivity index (χ1n) is 12.1. The summed E-state index contributed by atoms with van der Waals surface area (Å²) in [7, 11) is -1.71. The average Bonchev–Trinajstić information content (AvgIpc) is 3.26. The molecule has 0 N–H and O–H groups in total. The topological polar surface area (TPSA) is 46.6 Å². The summed E-state index contributed by atoms with van der Waals surface area (Å²) in [5, 5.41) is 0.835. The molecule has 2 aromatic rings. The number of Topliss-reactive ketones (excluding diaryl/α,β-unsaturated/α-hetero) is 1. The number of ketones is 1. The predicted octanol–water partition coefficient (Wildman–Crippen LogP) is 6.18. The van der Waals surface area contributed by atoms with Crippen LogP contribution in [-0.2, 0) is 9.53 Å². The van der Waals surface area contributed by atoms with Crippen molar-refractivity contribution in [2.45, 2.75) is 63.3 Å². The highest BCUT2D eigenvalue weighted by Crippen LogP contribution is 2.45. The summed E-state index contributed by atoms with van der Waals surface area (Å²) in [4.78, 5) is 28.2. The lowest BCUT2D eigenvalue weighted by Gasteiger charge is -2.38. The first-order chi connectivity index (χ1) is 15.8. The third kappa shape index (κ3) is 3.86. The third-order valence-electron chi connectivity index (χ3n) is 7.85. The first kappa shape index (κ1) is 22.1. The Balaban J connectivity index is 1.27. The van der Waals surface area contributed by atoms with Crippen molar-refractivity contribution in [2.24, 2.45) is 5.92 Å². The number of allylic oxidation sites excluding steroid dienone is 1. The van der Waals surface area contributed by atoms with Gasteiger partial charge in [-0.1, -0.05) is 74.8 Å². The Bertz CT molecular complexity index is 1060. The van der Waals surface area contributed by atoms with Gasteiger partial charge in [-0.15, -0.1) is 0 Å². The number of hydrogen-bond donors (Lipinski definition) is 0. The summed E-state index contributed by atoms with van der Waals surface area (Å²) >= 11 is 0. The summed E-state index contributed by atoms with van der Waals surface area (Å²) in [6, 6.07) is 17.0. The number of rotatable bonds is 5. The van der Waals surface area contributed by atoms with Crippen LogP contribution < -0.4 is 0 Å². The van der Waals surface area contributed by atoms with Gasteiger partial charge in [0.25, 0.3) is 0 Å². The summed E-state index contributed by atoms with van der Waals surface area (Å²) in [5.41, 5.74) is 4.92. The molecule has 2 aliphatic heterocycles. The molecule has 172 valence electrons. The van der Waals surface area contributed by atoms with Crippen molar-refractivity contribution >= 4 is 20.0 Å². The molecule has 2 aromatic carbocycles. The van der Waals surface area contributed by atoms with Gasteiger partial charge in [-0.05, 0) is 53.1 Å². The zero-order valence-electron chi connectivity index (χ0n) is 19.8. The van der Waals surface area contributed by atoms with Gasteiger partial charge in [0.15, 0.2) is 5.78 Å². The number of carbonyl (C=O) groups is 2.